The van der Waals surface area contributed by atoms with E-state index in [4.69, 9.17) is 11.0 Å². The van der Waals surface area contributed by atoms with E-state index in [0.717, 1.165) is 12.8 Å². The van der Waals surface area contributed by atoms with Crippen LogP contribution in [0.2, 0.25) is 0 Å². The second-order valence-corrected chi connectivity index (χ2v) is 2.50. The van der Waals surface area contributed by atoms with Crippen LogP contribution >= 0.6 is 0 Å². The Morgan fingerprint density at radius 2 is 2.25 bits per heavy atom. The molecular weight excluding hydrogens is 154 g/mol. The predicted octanol–water partition coefficient (Wildman–Crippen LogP) is 0.145. The maximum atomic E-state index is 10.9. The molecule has 0 saturated carbocycles. The van der Waals surface area contributed by atoms with Gasteiger partial charge in [0.05, 0.1) is 6.07 Å². The Morgan fingerprint density at radius 3 is 2.83 bits per heavy atom. The first-order chi connectivity index (χ1) is 5.81. The van der Waals surface area contributed by atoms with E-state index < -0.39 is 0 Å². The van der Waals surface area contributed by atoms with Crippen LogP contribution in [0, 0.1) is 11.3 Å². The number of nitrogens with two attached hydrogens (primary N) is 1. The number of rotatable bonds is 6. The van der Waals surface area contributed by atoms with Crippen LogP contribution in [0.15, 0.2) is 0 Å². The minimum absolute atomic E-state index is 0.0263. The van der Waals surface area contributed by atoms with Gasteiger partial charge in [-0.25, -0.2) is 0 Å². The lowest BCUT2D eigenvalue weighted by Crippen LogP contribution is -2.24. The van der Waals surface area contributed by atoms with Crippen molar-refractivity contribution in [3.63, 3.8) is 0 Å². The summed E-state index contributed by atoms with van der Waals surface area (Å²) < 4.78 is 0. The van der Waals surface area contributed by atoms with Gasteiger partial charge in [-0.3, -0.25) is 4.79 Å². The number of hydrogen-bond acceptors (Lipinski definition) is 3. The van der Waals surface area contributed by atoms with Gasteiger partial charge < -0.3 is 11.1 Å². The van der Waals surface area contributed by atoms with Crippen LogP contribution in [-0.4, -0.2) is 19.0 Å². The molecule has 0 fully saturated rings. The molecule has 0 bridgehead atoms. The Morgan fingerprint density at radius 1 is 1.50 bits per heavy atom. The average molecular weight is 169 g/mol. The van der Waals surface area contributed by atoms with E-state index in [0.29, 0.717) is 25.9 Å². The van der Waals surface area contributed by atoms with Gasteiger partial charge in [-0.05, 0) is 19.4 Å². The number of nitrogens with one attached hydrogen (secondary N) is 1. The fraction of sp³-hybridized carbons (Fsp3) is 0.750. The highest BCUT2D eigenvalue weighted by Gasteiger charge is 1.97. The Bertz CT molecular complexity index is 162. The standard InChI is InChI=1S/C8H15N3O/c9-5-1-2-7-11-8(12)4-3-6-10/h1-4,6-7,10H2,(H,11,12). The monoisotopic (exact) mass is 169 g/mol. The molecule has 0 unspecified atom stereocenters. The molecule has 0 atom stereocenters. The summed E-state index contributed by atoms with van der Waals surface area (Å²) in [6.07, 6.45) is 2.44. The van der Waals surface area contributed by atoms with Gasteiger partial charge in [0.15, 0.2) is 0 Å². The van der Waals surface area contributed by atoms with Crippen molar-refractivity contribution >= 4 is 5.91 Å². The highest BCUT2D eigenvalue weighted by molar-refractivity contribution is 5.75. The van der Waals surface area contributed by atoms with Gasteiger partial charge in [0.2, 0.25) is 5.91 Å². The molecule has 0 aromatic rings. The molecule has 68 valence electrons. The summed E-state index contributed by atoms with van der Waals surface area (Å²) in [5, 5.41) is 10.9. The van der Waals surface area contributed by atoms with Crippen LogP contribution in [-0.2, 0) is 4.79 Å². The zero-order valence-electron chi connectivity index (χ0n) is 7.18. The number of nitriles is 1. The largest absolute Gasteiger partial charge is 0.356 e. The summed E-state index contributed by atoms with van der Waals surface area (Å²) >= 11 is 0. The first-order valence-corrected chi connectivity index (χ1v) is 4.15. The molecule has 0 aromatic heterocycles. The molecule has 0 rings (SSSR count). The molecule has 0 aromatic carbocycles. The van der Waals surface area contributed by atoms with Crippen LogP contribution in [0.4, 0.5) is 0 Å². The summed E-state index contributed by atoms with van der Waals surface area (Å²) in [6.45, 7) is 1.14. The van der Waals surface area contributed by atoms with Gasteiger partial charge in [-0.15, -0.1) is 0 Å². The second kappa shape index (κ2) is 8.02. The smallest absolute Gasteiger partial charge is 0.220 e. The molecule has 0 spiro atoms. The fourth-order valence-electron chi connectivity index (χ4n) is 0.746. The molecule has 0 aliphatic carbocycles. The van der Waals surface area contributed by atoms with Crippen molar-refractivity contribution in [2.75, 3.05) is 13.1 Å². The van der Waals surface area contributed by atoms with E-state index in [1.54, 1.807) is 0 Å². The van der Waals surface area contributed by atoms with E-state index in [1.165, 1.54) is 0 Å². The Labute approximate surface area is 72.7 Å². The Hall–Kier alpha value is -1.08. The van der Waals surface area contributed by atoms with E-state index in [1.807, 2.05) is 6.07 Å². The molecule has 4 heteroatoms. The van der Waals surface area contributed by atoms with Gasteiger partial charge >= 0.3 is 0 Å². The first kappa shape index (κ1) is 10.9. The number of unbranched alkanes of at least 4 members (excludes halogenated alkanes) is 1. The summed E-state index contributed by atoms with van der Waals surface area (Å²) in [5.74, 6) is 0.0263. The molecule has 3 N–H and O–H groups in total. The second-order valence-electron chi connectivity index (χ2n) is 2.50. The van der Waals surface area contributed by atoms with E-state index in [-0.39, 0.29) is 5.91 Å². The third kappa shape index (κ3) is 7.03. The zero-order chi connectivity index (χ0) is 9.23. The maximum Gasteiger partial charge on any atom is 0.220 e. The fourth-order valence-corrected chi connectivity index (χ4v) is 0.746. The van der Waals surface area contributed by atoms with Crippen molar-refractivity contribution < 1.29 is 4.79 Å². The van der Waals surface area contributed by atoms with Gasteiger partial charge in [-0.2, -0.15) is 5.26 Å². The van der Waals surface area contributed by atoms with Crippen LogP contribution in [0.25, 0.3) is 0 Å². The quantitative estimate of drug-likeness (QED) is 0.555. The van der Waals surface area contributed by atoms with E-state index in [2.05, 4.69) is 5.32 Å². The predicted molar refractivity (Wildman–Crippen MR) is 46.1 cm³/mol. The summed E-state index contributed by atoms with van der Waals surface area (Å²) in [5.41, 5.74) is 5.23. The highest BCUT2D eigenvalue weighted by Crippen LogP contribution is 1.87. The van der Waals surface area contributed by atoms with E-state index in [9.17, 15) is 4.79 Å². The van der Waals surface area contributed by atoms with Gasteiger partial charge in [0.1, 0.15) is 0 Å². The average Bonchev–Trinajstić information content (AvgIpc) is 2.09. The molecular formula is C8H15N3O. The summed E-state index contributed by atoms with van der Waals surface area (Å²) in [7, 11) is 0. The van der Waals surface area contributed by atoms with Crippen molar-refractivity contribution in [3.8, 4) is 6.07 Å². The van der Waals surface area contributed by atoms with Crippen LogP contribution < -0.4 is 11.1 Å². The van der Waals surface area contributed by atoms with E-state index >= 15 is 0 Å². The summed E-state index contributed by atoms with van der Waals surface area (Å²) in [4.78, 5) is 10.9. The van der Waals surface area contributed by atoms with Crippen molar-refractivity contribution in [2.24, 2.45) is 5.73 Å². The molecule has 4 nitrogen and oxygen atoms in total. The summed E-state index contributed by atoms with van der Waals surface area (Å²) in [6, 6.07) is 2.01. The maximum absolute atomic E-state index is 10.9. The molecule has 0 aliphatic rings. The van der Waals surface area contributed by atoms with Crippen LogP contribution in [0.1, 0.15) is 25.7 Å². The normalized spacial score (nSPS) is 9.00. The topological polar surface area (TPSA) is 78.9 Å². The molecule has 0 heterocycles. The molecule has 1 amide bonds. The number of amides is 1. The number of nitrogens with zero attached hydrogens (tertiary/aromatic N) is 1. The third-order valence-electron chi connectivity index (χ3n) is 1.40. The number of carbonyl (C=O) groups is 1. The Balaban J connectivity index is 3.15. The third-order valence-corrected chi connectivity index (χ3v) is 1.40. The number of carbonyl (C=O) groups excluding carboxylic acids is 1. The van der Waals surface area contributed by atoms with Crippen molar-refractivity contribution in [1.29, 1.82) is 5.26 Å². The van der Waals surface area contributed by atoms with Crippen LogP contribution in [0.5, 0.6) is 0 Å². The molecule has 0 aliphatic heterocycles. The first-order valence-electron chi connectivity index (χ1n) is 4.15. The molecule has 12 heavy (non-hydrogen) atoms. The SMILES string of the molecule is N#CCCCNC(=O)CCCN. The van der Waals surface area contributed by atoms with Crippen molar-refractivity contribution in [1.82, 2.24) is 5.32 Å². The molecule has 0 radical (unpaired) electrons. The lowest BCUT2D eigenvalue weighted by molar-refractivity contribution is -0.121. The lowest BCUT2D eigenvalue weighted by atomic mass is 10.3. The Kier molecular flexibility index (Phi) is 7.30. The van der Waals surface area contributed by atoms with Crippen LogP contribution in [0.3, 0.4) is 0 Å². The lowest BCUT2D eigenvalue weighted by Gasteiger charge is -2.01. The molecule has 0 saturated heterocycles. The minimum atomic E-state index is 0.0263. The minimum Gasteiger partial charge on any atom is -0.356 e. The van der Waals surface area contributed by atoms with Gasteiger partial charge in [0, 0.05) is 19.4 Å². The zero-order valence-corrected chi connectivity index (χ0v) is 7.18. The van der Waals surface area contributed by atoms with Crippen molar-refractivity contribution in [2.45, 2.75) is 25.7 Å². The number of hydrogen-bond donors (Lipinski definition) is 2. The van der Waals surface area contributed by atoms with Gasteiger partial charge in [0.25, 0.3) is 0 Å². The van der Waals surface area contributed by atoms with Gasteiger partial charge in [-0.1, -0.05) is 0 Å². The van der Waals surface area contributed by atoms with Crippen molar-refractivity contribution in [3.05, 3.63) is 0 Å². The highest BCUT2D eigenvalue weighted by atomic mass is 16.1.